The predicted octanol–water partition coefficient (Wildman–Crippen LogP) is 4.99. The van der Waals surface area contributed by atoms with Crippen LogP contribution in [0.5, 0.6) is 5.75 Å². The first-order chi connectivity index (χ1) is 11.8. The summed E-state index contributed by atoms with van der Waals surface area (Å²) < 4.78 is 5.66. The monoisotopic (exact) mass is 359 g/mol. The van der Waals surface area contributed by atoms with E-state index in [1.165, 1.54) is 6.92 Å². The zero-order valence-corrected chi connectivity index (χ0v) is 15.6. The largest absolute Gasteiger partial charge is 0.483 e. The highest BCUT2D eigenvalue weighted by atomic mass is 35.5. The lowest BCUT2D eigenvalue weighted by Crippen LogP contribution is -2.20. The lowest BCUT2D eigenvalue weighted by Gasteiger charge is -2.14. The third-order valence-electron chi connectivity index (χ3n) is 3.83. The van der Waals surface area contributed by atoms with Crippen molar-refractivity contribution in [3.8, 4) is 5.75 Å². The Labute approximate surface area is 153 Å². The summed E-state index contributed by atoms with van der Waals surface area (Å²) in [5.74, 6) is 0.561. The Balaban J connectivity index is 2.04. The van der Waals surface area contributed by atoms with Crippen LogP contribution in [0, 0.1) is 6.92 Å². The number of hydrogen-bond acceptors (Lipinski definition) is 3. The van der Waals surface area contributed by atoms with E-state index in [9.17, 15) is 9.59 Å². The summed E-state index contributed by atoms with van der Waals surface area (Å²) in [6, 6.07) is 10.5. The van der Waals surface area contributed by atoms with Crippen LogP contribution >= 0.6 is 11.6 Å². The number of anilines is 1. The second-order valence-electron chi connectivity index (χ2n) is 6.27. The van der Waals surface area contributed by atoms with Gasteiger partial charge in [0.25, 0.3) is 5.91 Å². The van der Waals surface area contributed by atoms with E-state index in [-0.39, 0.29) is 24.2 Å². The standard InChI is InChI=1S/C20H22ClNO3/c1-12(2)17-10-19(13(3)8-18(17)21)25-11-20(24)22-16-7-5-6-15(9-16)14(4)23/h5-10,12H,11H2,1-4H3,(H,22,24). The minimum atomic E-state index is -0.291. The minimum Gasteiger partial charge on any atom is -0.483 e. The van der Waals surface area contributed by atoms with Gasteiger partial charge in [0.2, 0.25) is 0 Å². The summed E-state index contributed by atoms with van der Waals surface area (Å²) in [6.45, 7) is 7.35. The minimum absolute atomic E-state index is 0.0506. The molecule has 2 rings (SSSR count). The van der Waals surface area contributed by atoms with E-state index in [1.807, 2.05) is 19.1 Å². The maximum absolute atomic E-state index is 12.1. The molecule has 0 heterocycles. The number of aryl methyl sites for hydroxylation is 1. The van der Waals surface area contributed by atoms with Gasteiger partial charge in [0, 0.05) is 16.3 Å². The van der Waals surface area contributed by atoms with Gasteiger partial charge in [-0.2, -0.15) is 0 Å². The van der Waals surface area contributed by atoms with Gasteiger partial charge in [0.15, 0.2) is 12.4 Å². The van der Waals surface area contributed by atoms with Crippen LogP contribution in [-0.4, -0.2) is 18.3 Å². The van der Waals surface area contributed by atoms with Crippen molar-refractivity contribution in [3.05, 3.63) is 58.1 Å². The molecule has 0 aliphatic heterocycles. The van der Waals surface area contributed by atoms with Gasteiger partial charge in [-0.3, -0.25) is 9.59 Å². The van der Waals surface area contributed by atoms with Crippen molar-refractivity contribution < 1.29 is 14.3 Å². The predicted molar refractivity (Wildman–Crippen MR) is 101 cm³/mol. The molecule has 0 aliphatic rings. The van der Waals surface area contributed by atoms with Crippen LogP contribution in [0.15, 0.2) is 36.4 Å². The molecule has 2 aromatic rings. The van der Waals surface area contributed by atoms with Gasteiger partial charge in [0.1, 0.15) is 5.75 Å². The van der Waals surface area contributed by atoms with Crippen LogP contribution in [-0.2, 0) is 4.79 Å². The summed E-state index contributed by atoms with van der Waals surface area (Å²) in [5, 5.41) is 3.43. The number of carbonyl (C=O) groups excluding carboxylic acids is 2. The molecule has 0 atom stereocenters. The number of ether oxygens (including phenoxy) is 1. The van der Waals surface area contributed by atoms with Gasteiger partial charge < -0.3 is 10.1 Å². The maximum atomic E-state index is 12.1. The lowest BCUT2D eigenvalue weighted by molar-refractivity contribution is -0.118. The summed E-state index contributed by atoms with van der Waals surface area (Å²) in [5.41, 5.74) is 2.98. The molecule has 0 aromatic heterocycles. The fraction of sp³-hybridized carbons (Fsp3) is 0.300. The number of Topliss-reactive ketones (excluding diaryl/α,β-unsaturated/α-hetero) is 1. The third kappa shape index (κ3) is 5.07. The Kier molecular flexibility index (Phi) is 6.21. The van der Waals surface area contributed by atoms with Crippen LogP contribution in [0.1, 0.15) is 48.2 Å². The molecule has 0 saturated carbocycles. The molecule has 4 nitrogen and oxygen atoms in total. The number of carbonyl (C=O) groups is 2. The van der Waals surface area contributed by atoms with Crippen LogP contribution in [0.2, 0.25) is 5.02 Å². The molecule has 1 amide bonds. The molecule has 0 spiro atoms. The SMILES string of the molecule is CC(=O)c1cccc(NC(=O)COc2cc(C(C)C)c(Cl)cc2C)c1. The number of ketones is 1. The van der Waals surface area contributed by atoms with Crippen LogP contribution < -0.4 is 10.1 Å². The molecule has 0 bridgehead atoms. The van der Waals surface area contributed by atoms with Crippen molar-refractivity contribution in [2.75, 3.05) is 11.9 Å². The number of halogens is 1. The molecular weight excluding hydrogens is 338 g/mol. The molecule has 132 valence electrons. The number of nitrogens with one attached hydrogen (secondary N) is 1. The zero-order valence-electron chi connectivity index (χ0n) is 14.9. The Morgan fingerprint density at radius 2 is 1.92 bits per heavy atom. The molecule has 0 saturated heterocycles. The highest BCUT2D eigenvalue weighted by Gasteiger charge is 2.12. The Bertz CT molecular complexity index is 800. The van der Waals surface area contributed by atoms with Crippen LogP contribution in [0.25, 0.3) is 0 Å². The Hall–Kier alpha value is -2.33. The maximum Gasteiger partial charge on any atom is 0.262 e. The highest BCUT2D eigenvalue weighted by molar-refractivity contribution is 6.31. The topological polar surface area (TPSA) is 55.4 Å². The van der Waals surface area contributed by atoms with Gasteiger partial charge in [-0.1, -0.05) is 37.6 Å². The smallest absolute Gasteiger partial charge is 0.262 e. The van der Waals surface area contributed by atoms with Gasteiger partial charge in [0.05, 0.1) is 0 Å². The average molecular weight is 360 g/mol. The molecule has 0 fully saturated rings. The second-order valence-corrected chi connectivity index (χ2v) is 6.67. The summed E-state index contributed by atoms with van der Waals surface area (Å²) in [7, 11) is 0. The van der Waals surface area contributed by atoms with E-state index in [1.54, 1.807) is 24.3 Å². The number of hydrogen-bond donors (Lipinski definition) is 1. The van der Waals surface area contributed by atoms with E-state index in [0.29, 0.717) is 22.0 Å². The van der Waals surface area contributed by atoms with Crippen molar-refractivity contribution in [2.45, 2.75) is 33.6 Å². The molecule has 0 unspecified atom stereocenters. The van der Waals surface area contributed by atoms with Crippen LogP contribution in [0.3, 0.4) is 0 Å². The van der Waals surface area contributed by atoms with E-state index in [4.69, 9.17) is 16.3 Å². The van der Waals surface area contributed by atoms with Crippen molar-refractivity contribution >= 4 is 29.0 Å². The van der Waals surface area contributed by atoms with E-state index in [2.05, 4.69) is 19.2 Å². The Morgan fingerprint density at radius 3 is 2.56 bits per heavy atom. The fourth-order valence-corrected chi connectivity index (χ4v) is 2.86. The van der Waals surface area contributed by atoms with Crippen molar-refractivity contribution in [1.29, 1.82) is 0 Å². The van der Waals surface area contributed by atoms with E-state index < -0.39 is 0 Å². The fourth-order valence-electron chi connectivity index (χ4n) is 2.42. The van der Waals surface area contributed by atoms with Crippen molar-refractivity contribution in [1.82, 2.24) is 0 Å². The molecule has 2 aromatic carbocycles. The molecule has 25 heavy (non-hydrogen) atoms. The molecule has 0 aliphatic carbocycles. The van der Waals surface area contributed by atoms with Crippen molar-refractivity contribution in [2.24, 2.45) is 0 Å². The first-order valence-electron chi connectivity index (χ1n) is 8.11. The van der Waals surface area contributed by atoms with Gasteiger partial charge >= 0.3 is 0 Å². The van der Waals surface area contributed by atoms with Gasteiger partial charge in [-0.15, -0.1) is 0 Å². The summed E-state index contributed by atoms with van der Waals surface area (Å²) in [4.78, 5) is 23.5. The normalized spacial score (nSPS) is 10.6. The van der Waals surface area contributed by atoms with Gasteiger partial charge in [-0.05, 0) is 55.2 Å². The summed E-state index contributed by atoms with van der Waals surface area (Å²) >= 11 is 6.24. The molecule has 1 N–H and O–H groups in total. The summed E-state index contributed by atoms with van der Waals surface area (Å²) in [6.07, 6.45) is 0. The van der Waals surface area contributed by atoms with Gasteiger partial charge in [-0.25, -0.2) is 0 Å². The molecule has 0 radical (unpaired) electrons. The number of amides is 1. The zero-order chi connectivity index (χ0) is 18.6. The average Bonchev–Trinajstić information content (AvgIpc) is 2.53. The van der Waals surface area contributed by atoms with E-state index in [0.717, 1.165) is 11.1 Å². The molecular formula is C20H22ClNO3. The second kappa shape index (κ2) is 8.17. The number of rotatable bonds is 6. The highest BCUT2D eigenvalue weighted by Crippen LogP contribution is 2.31. The first-order valence-corrected chi connectivity index (χ1v) is 8.49. The lowest BCUT2D eigenvalue weighted by atomic mass is 10.0. The van der Waals surface area contributed by atoms with Crippen molar-refractivity contribution in [3.63, 3.8) is 0 Å². The quantitative estimate of drug-likeness (QED) is 0.739. The third-order valence-corrected chi connectivity index (χ3v) is 4.16. The Morgan fingerprint density at radius 1 is 1.20 bits per heavy atom. The molecule has 5 heteroatoms. The van der Waals surface area contributed by atoms with Crippen LogP contribution in [0.4, 0.5) is 5.69 Å². The number of benzene rings is 2. The van der Waals surface area contributed by atoms with E-state index >= 15 is 0 Å². The first kappa shape index (κ1) is 19.0.